The summed E-state index contributed by atoms with van der Waals surface area (Å²) in [5.74, 6) is 0.841. The number of hydrogen-bond acceptors (Lipinski definition) is 8. The Balaban J connectivity index is 1.18. The number of aryl methyl sites for hydroxylation is 2. The predicted octanol–water partition coefficient (Wildman–Crippen LogP) is 6.21. The van der Waals surface area contributed by atoms with E-state index in [-0.39, 0.29) is 11.8 Å². The molecule has 6 rings (SSSR count). The first-order valence-electron chi connectivity index (χ1n) is 15.4. The number of benzene rings is 2. The number of rotatable bonds is 13. The molecule has 4 aromatic heterocycles. The minimum absolute atomic E-state index is 0.278. The Morgan fingerprint density at radius 3 is 1.31 bits per heavy atom. The molecular formula is C36H34N8O4. The van der Waals surface area contributed by atoms with Crippen molar-refractivity contribution < 1.29 is 19.1 Å². The van der Waals surface area contributed by atoms with Crippen LogP contribution < -0.4 is 20.1 Å². The van der Waals surface area contributed by atoms with Crippen molar-refractivity contribution in [2.75, 3.05) is 24.9 Å². The molecule has 242 valence electrons. The largest absolute Gasteiger partial charge is 0.497 e. The zero-order valence-electron chi connectivity index (χ0n) is 26.5. The van der Waals surface area contributed by atoms with Crippen LogP contribution in [0.2, 0.25) is 0 Å². The molecule has 0 saturated heterocycles. The molecule has 0 spiro atoms. The maximum atomic E-state index is 13.4. The molecule has 0 unspecified atom stereocenters. The van der Waals surface area contributed by atoms with Gasteiger partial charge < -0.3 is 20.1 Å². The van der Waals surface area contributed by atoms with Gasteiger partial charge in [-0.2, -0.15) is 10.2 Å². The highest BCUT2D eigenvalue weighted by Crippen LogP contribution is 2.23. The molecule has 2 aromatic carbocycles. The number of carbonyl (C=O) groups is 2. The van der Waals surface area contributed by atoms with E-state index in [1.165, 1.54) is 0 Å². The number of pyridine rings is 2. The Hall–Kier alpha value is -6.30. The number of amides is 2. The van der Waals surface area contributed by atoms with Gasteiger partial charge in [-0.15, -0.1) is 0 Å². The van der Waals surface area contributed by atoms with Crippen LogP contribution in [0.3, 0.4) is 0 Å². The van der Waals surface area contributed by atoms with Gasteiger partial charge >= 0.3 is 0 Å². The normalized spacial score (nSPS) is 10.8. The second kappa shape index (κ2) is 14.9. The molecule has 0 atom stereocenters. The Bertz CT molecular complexity index is 1830. The summed E-state index contributed by atoms with van der Waals surface area (Å²) >= 11 is 0. The summed E-state index contributed by atoms with van der Waals surface area (Å²) in [5, 5.41) is 15.5. The van der Waals surface area contributed by atoms with Gasteiger partial charge in [0.25, 0.3) is 11.8 Å². The van der Waals surface area contributed by atoms with Crippen LogP contribution in [0.25, 0.3) is 22.5 Å². The standard InChI is InChI=1S/C36H34N8O4/c1-47-29-9-5-27(6-10-29)39-35(45)33-23-31(25-13-17-37-18-14-25)41-43(33)21-3-4-22-44-34(24-32(42-44)26-15-19-38-20-16-26)36(46)40-28-7-11-30(48-2)12-8-28/h5-20,23-24H,3-4,21-22H2,1-2H3,(H,39,45)(H,40,46). The van der Waals surface area contributed by atoms with E-state index in [0.29, 0.717) is 71.6 Å². The highest BCUT2D eigenvalue weighted by molar-refractivity contribution is 6.04. The maximum absolute atomic E-state index is 13.4. The average molecular weight is 643 g/mol. The van der Waals surface area contributed by atoms with Crippen molar-refractivity contribution in [3.63, 3.8) is 0 Å². The first kappa shape index (κ1) is 31.7. The van der Waals surface area contributed by atoms with Crippen LogP contribution in [0.5, 0.6) is 11.5 Å². The second-order valence-electron chi connectivity index (χ2n) is 10.8. The number of methoxy groups -OCH3 is 2. The highest BCUT2D eigenvalue weighted by atomic mass is 16.5. The number of nitrogens with zero attached hydrogens (tertiary/aromatic N) is 6. The van der Waals surface area contributed by atoms with Crippen LogP contribution in [0, 0.1) is 0 Å². The Labute approximate surface area is 277 Å². The molecular weight excluding hydrogens is 608 g/mol. The van der Waals surface area contributed by atoms with Crippen LogP contribution >= 0.6 is 0 Å². The van der Waals surface area contributed by atoms with E-state index in [1.54, 1.807) is 109 Å². The summed E-state index contributed by atoms with van der Waals surface area (Å²) in [5.41, 5.74) is 5.19. The second-order valence-corrected chi connectivity index (χ2v) is 10.8. The summed E-state index contributed by atoms with van der Waals surface area (Å²) in [4.78, 5) is 35.1. The molecule has 6 aromatic rings. The van der Waals surface area contributed by atoms with Crippen LogP contribution in [0.4, 0.5) is 11.4 Å². The van der Waals surface area contributed by atoms with Gasteiger partial charge in [0.15, 0.2) is 0 Å². The van der Waals surface area contributed by atoms with E-state index in [0.717, 1.165) is 11.1 Å². The zero-order chi connectivity index (χ0) is 33.3. The van der Waals surface area contributed by atoms with E-state index >= 15 is 0 Å². The van der Waals surface area contributed by atoms with Gasteiger partial charge in [0.2, 0.25) is 0 Å². The Morgan fingerprint density at radius 1 is 0.583 bits per heavy atom. The quantitative estimate of drug-likeness (QED) is 0.142. The minimum atomic E-state index is -0.278. The fraction of sp³-hybridized carbons (Fsp3) is 0.167. The number of aromatic nitrogens is 6. The van der Waals surface area contributed by atoms with Gasteiger partial charge in [0.1, 0.15) is 22.9 Å². The fourth-order valence-electron chi connectivity index (χ4n) is 5.13. The van der Waals surface area contributed by atoms with Crippen molar-refractivity contribution in [1.82, 2.24) is 29.5 Å². The SMILES string of the molecule is COc1ccc(NC(=O)c2cc(-c3ccncc3)nn2CCCCn2nc(-c3ccncc3)cc2C(=O)Nc2ccc(OC)cc2)cc1. The molecule has 12 heteroatoms. The van der Waals surface area contributed by atoms with Crippen molar-refractivity contribution in [3.8, 4) is 34.0 Å². The fourth-order valence-corrected chi connectivity index (χ4v) is 5.13. The van der Waals surface area contributed by atoms with Gasteiger partial charge in [-0.1, -0.05) is 0 Å². The van der Waals surface area contributed by atoms with E-state index in [2.05, 4.69) is 20.6 Å². The third kappa shape index (κ3) is 7.56. The summed E-state index contributed by atoms with van der Waals surface area (Å²) < 4.78 is 13.9. The Kier molecular flexibility index (Phi) is 9.81. The summed E-state index contributed by atoms with van der Waals surface area (Å²) in [6, 6.07) is 25.3. The molecule has 0 fully saturated rings. The summed E-state index contributed by atoms with van der Waals surface area (Å²) in [6.45, 7) is 0.949. The molecule has 4 heterocycles. The minimum Gasteiger partial charge on any atom is -0.497 e. The third-order valence-electron chi connectivity index (χ3n) is 7.66. The molecule has 0 saturated carbocycles. The molecule has 0 aliphatic carbocycles. The lowest BCUT2D eigenvalue weighted by Gasteiger charge is -2.10. The number of nitrogens with one attached hydrogen (secondary N) is 2. The van der Waals surface area contributed by atoms with Crippen LogP contribution in [0.1, 0.15) is 33.8 Å². The van der Waals surface area contributed by atoms with Crippen molar-refractivity contribution in [3.05, 3.63) is 121 Å². The lowest BCUT2D eigenvalue weighted by atomic mass is 10.2. The predicted molar refractivity (Wildman–Crippen MR) is 182 cm³/mol. The van der Waals surface area contributed by atoms with Gasteiger partial charge in [-0.25, -0.2) is 0 Å². The van der Waals surface area contributed by atoms with Crippen LogP contribution in [-0.2, 0) is 13.1 Å². The molecule has 12 nitrogen and oxygen atoms in total. The van der Waals surface area contributed by atoms with Gasteiger partial charge in [-0.3, -0.25) is 28.9 Å². The molecule has 2 N–H and O–H groups in total. The molecule has 48 heavy (non-hydrogen) atoms. The molecule has 0 aliphatic rings. The topological polar surface area (TPSA) is 138 Å². The van der Waals surface area contributed by atoms with Crippen molar-refractivity contribution in [1.29, 1.82) is 0 Å². The molecule has 0 aliphatic heterocycles. The lowest BCUT2D eigenvalue weighted by Crippen LogP contribution is -2.19. The highest BCUT2D eigenvalue weighted by Gasteiger charge is 2.19. The smallest absolute Gasteiger partial charge is 0.273 e. The van der Waals surface area contributed by atoms with E-state index in [9.17, 15) is 9.59 Å². The monoisotopic (exact) mass is 642 g/mol. The van der Waals surface area contributed by atoms with E-state index in [4.69, 9.17) is 19.7 Å². The molecule has 2 amide bonds. The number of hydrogen-bond donors (Lipinski definition) is 2. The lowest BCUT2D eigenvalue weighted by molar-refractivity contribution is 0.100. The Morgan fingerprint density at radius 2 is 0.958 bits per heavy atom. The van der Waals surface area contributed by atoms with Gasteiger partial charge in [0.05, 0.1) is 25.6 Å². The number of unbranched alkanes of at least 4 members (excludes halogenated alkanes) is 1. The number of anilines is 2. The first-order valence-corrected chi connectivity index (χ1v) is 15.4. The summed E-state index contributed by atoms with van der Waals surface area (Å²) in [6.07, 6.45) is 8.11. The summed E-state index contributed by atoms with van der Waals surface area (Å²) in [7, 11) is 3.19. The van der Waals surface area contributed by atoms with Crippen LogP contribution in [0.15, 0.2) is 110 Å². The number of ether oxygens (including phenoxy) is 2. The average Bonchev–Trinajstić information content (AvgIpc) is 3.77. The van der Waals surface area contributed by atoms with Gasteiger partial charge in [0, 0.05) is 60.4 Å². The molecule has 0 radical (unpaired) electrons. The first-order chi connectivity index (χ1) is 23.5. The van der Waals surface area contributed by atoms with E-state index < -0.39 is 0 Å². The van der Waals surface area contributed by atoms with Crippen molar-refractivity contribution >= 4 is 23.2 Å². The van der Waals surface area contributed by atoms with Crippen LogP contribution in [-0.4, -0.2) is 55.6 Å². The third-order valence-corrected chi connectivity index (χ3v) is 7.66. The zero-order valence-corrected chi connectivity index (χ0v) is 26.5. The number of carbonyl (C=O) groups excluding carboxylic acids is 2. The van der Waals surface area contributed by atoms with Crippen molar-refractivity contribution in [2.45, 2.75) is 25.9 Å². The maximum Gasteiger partial charge on any atom is 0.273 e. The van der Waals surface area contributed by atoms with E-state index in [1.807, 2.05) is 24.3 Å². The molecule has 0 bridgehead atoms. The van der Waals surface area contributed by atoms with Crippen molar-refractivity contribution in [2.24, 2.45) is 0 Å². The van der Waals surface area contributed by atoms with Gasteiger partial charge in [-0.05, 0) is 97.8 Å².